The number of nitrogens with one attached hydrogen (secondary N) is 1. The zero-order chi connectivity index (χ0) is 25.2. The van der Waals surface area contributed by atoms with Gasteiger partial charge in [0.2, 0.25) is 0 Å². The molecule has 0 aliphatic rings. The van der Waals surface area contributed by atoms with Gasteiger partial charge in [-0.05, 0) is 6.07 Å². The maximum Gasteiger partial charge on any atom is 0.336 e. The number of nitro groups is 6. The molecule has 0 heterocycles. The van der Waals surface area contributed by atoms with Crippen molar-refractivity contribution in [2.45, 2.75) is 0 Å². The molecule has 0 atom stereocenters. The third-order valence-corrected chi connectivity index (χ3v) is 4.03. The Morgan fingerprint density at radius 1 is 0.697 bits per heavy atom. The smallest absolute Gasteiger partial charge is 0.336 e. The lowest BCUT2D eigenvalue weighted by atomic mass is 10.1. The van der Waals surface area contributed by atoms with E-state index in [1.165, 1.54) is 0 Å². The van der Waals surface area contributed by atoms with Gasteiger partial charge in [0.05, 0.1) is 43.8 Å². The molecule has 172 valence electrons. The van der Waals surface area contributed by atoms with Crippen molar-refractivity contribution < 1.29 is 29.6 Å². The predicted molar refractivity (Wildman–Crippen MR) is 105 cm³/mol. The Morgan fingerprint density at radius 2 is 1.24 bits per heavy atom. The van der Waals surface area contributed by atoms with E-state index in [1.54, 1.807) is 0 Å². The standard InChI is InChI=1S/C13H8N8O12/c1-15(21(32)33)12-10(19(28)29)5-9(18(26)27)11(13(12)20(30)31)14-7-3-2-6(16(22)23)4-8(7)17(24)25/h2-5,14H,1H3. The Balaban J connectivity index is 2.97. The van der Waals surface area contributed by atoms with Gasteiger partial charge in [-0.15, -0.1) is 0 Å². The second-order valence-corrected chi connectivity index (χ2v) is 5.86. The molecule has 0 radical (unpaired) electrons. The van der Waals surface area contributed by atoms with Crippen molar-refractivity contribution in [3.05, 3.63) is 85.0 Å². The molecule has 33 heavy (non-hydrogen) atoms. The second-order valence-electron chi connectivity index (χ2n) is 5.86. The maximum absolute atomic E-state index is 11.7. The first kappa shape index (κ1) is 23.7. The van der Waals surface area contributed by atoms with Gasteiger partial charge in [-0.1, -0.05) is 5.01 Å². The number of nitro benzene ring substituents is 5. The van der Waals surface area contributed by atoms with Crippen molar-refractivity contribution >= 4 is 45.5 Å². The summed E-state index contributed by atoms with van der Waals surface area (Å²) in [5.74, 6) is 0. The van der Waals surface area contributed by atoms with Crippen LogP contribution in [-0.4, -0.2) is 36.7 Å². The zero-order valence-electron chi connectivity index (χ0n) is 15.8. The van der Waals surface area contributed by atoms with Gasteiger partial charge < -0.3 is 5.32 Å². The molecule has 0 aliphatic heterocycles. The third-order valence-electron chi connectivity index (χ3n) is 4.03. The average Bonchev–Trinajstić information content (AvgIpc) is 2.71. The third kappa shape index (κ3) is 4.47. The fourth-order valence-electron chi connectivity index (χ4n) is 2.64. The molecule has 2 aromatic carbocycles. The SMILES string of the molecule is CN(c1c([N+](=O)[O-])cc([N+](=O)[O-])c(Nc2ccc([N+](=O)[O-])cc2[N+](=O)[O-])c1[N+](=O)[O-])[N+](=O)[O-]. The Morgan fingerprint density at radius 3 is 1.67 bits per heavy atom. The summed E-state index contributed by atoms with van der Waals surface area (Å²) in [5.41, 5.74) is -9.13. The van der Waals surface area contributed by atoms with Crippen LogP contribution in [0.4, 0.5) is 45.5 Å². The number of nitrogens with zero attached hydrogens (tertiary/aromatic N) is 7. The molecule has 0 bridgehead atoms. The van der Waals surface area contributed by atoms with Crippen LogP contribution in [-0.2, 0) is 0 Å². The van der Waals surface area contributed by atoms with Crippen molar-refractivity contribution in [3.8, 4) is 0 Å². The summed E-state index contributed by atoms with van der Waals surface area (Å²) in [6.45, 7) is 0. The maximum atomic E-state index is 11.7. The molecule has 2 aromatic rings. The van der Waals surface area contributed by atoms with E-state index in [2.05, 4.69) is 0 Å². The molecule has 0 aromatic heterocycles. The lowest BCUT2D eigenvalue weighted by molar-refractivity contribution is -0.493. The first-order valence-corrected chi connectivity index (χ1v) is 8.00. The molecule has 20 nitrogen and oxygen atoms in total. The molecule has 0 spiro atoms. The minimum absolute atomic E-state index is 0.130. The van der Waals surface area contributed by atoms with Crippen molar-refractivity contribution in [3.63, 3.8) is 0 Å². The fourth-order valence-corrected chi connectivity index (χ4v) is 2.64. The summed E-state index contributed by atoms with van der Waals surface area (Å²) in [6.07, 6.45) is 0. The van der Waals surface area contributed by atoms with Gasteiger partial charge in [0.1, 0.15) is 5.69 Å². The van der Waals surface area contributed by atoms with Crippen LogP contribution in [0.1, 0.15) is 0 Å². The first-order chi connectivity index (χ1) is 15.3. The summed E-state index contributed by atoms with van der Waals surface area (Å²) >= 11 is 0. The van der Waals surface area contributed by atoms with Crippen molar-refractivity contribution in [1.29, 1.82) is 0 Å². The van der Waals surface area contributed by atoms with Gasteiger partial charge >= 0.3 is 17.1 Å². The molecule has 20 heteroatoms. The Bertz CT molecular complexity index is 1240. The van der Waals surface area contributed by atoms with E-state index >= 15 is 0 Å². The topological polar surface area (TPSA) is 274 Å². The number of benzene rings is 2. The summed E-state index contributed by atoms with van der Waals surface area (Å²) in [5, 5.41) is 68.5. The Hall–Kier alpha value is -5.56. The van der Waals surface area contributed by atoms with E-state index in [0.29, 0.717) is 19.2 Å². The molecule has 0 aliphatic carbocycles. The van der Waals surface area contributed by atoms with E-state index in [4.69, 9.17) is 0 Å². The number of hydrogen-bond acceptors (Lipinski definition) is 13. The van der Waals surface area contributed by atoms with E-state index in [0.717, 1.165) is 6.07 Å². The minimum atomic E-state index is -1.51. The first-order valence-electron chi connectivity index (χ1n) is 8.00. The van der Waals surface area contributed by atoms with Crippen LogP contribution in [0.5, 0.6) is 0 Å². The lowest BCUT2D eigenvalue weighted by Crippen LogP contribution is -2.26. The number of non-ortho nitro benzene ring substituents is 1. The molecular weight excluding hydrogens is 460 g/mol. The number of rotatable bonds is 9. The summed E-state index contributed by atoms with van der Waals surface area (Å²) in [6, 6.07) is 2.10. The molecule has 2 rings (SSSR count). The highest BCUT2D eigenvalue weighted by Gasteiger charge is 2.42. The summed E-state index contributed by atoms with van der Waals surface area (Å²) in [4.78, 5) is 61.8. The Kier molecular flexibility index (Phi) is 6.23. The van der Waals surface area contributed by atoms with Crippen molar-refractivity contribution in [2.75, 3.05) is 17.4 Å². The highest BCUT2D eigenvalue weighted by Crippen LogP contribution is 2.49. The minimum Gasteiger partial charge on any atom is -0.338 e. The molecule has 0 fully saturated rings. The van der Waals surface area contributed by atoms with Crippen LogP contribution >= 0.6 is 0 Å². The van der Waals surface area contributed by atoms with E-state index < -0.39 is 75.1 Å². The van der Waals surface area contributed by atoms with Gasteiger partial charge in [-0.3, -0.25) is 50.6 Å². The van der Waals surface area contributed by atoms with Crippen LogP contribution in [0.15, 0.2) is 24.3 Å². The average molecular weight is 468 g/mol. The second kappa shape index (κ2) is 8.66. The fraction of sp³-hybridized carbons (Fsp3) is 0.0769. The highest BCUT2D eigenvalue weighted by molar-refractivity contribution is 5.93. The van der Waals surface area contributed by atoms with E-state index in [1.807, 2.05) is 5.32 Å². The summed E-state index contributed by atoms with van der Waals surface area (Å²) in [7, 11) is 0.597. The van der Waals surface area contributed by atoms with Gasteiger partial charge in [0.25, 0.3) is 17.1 Å². The molecule has 0 unspecified atom stereocenters. The van der Waals surface area contributed by atoms with E-state index in [9.17, 15) is 60.7 Å². The normalized spacial score (nSPS) is 10.2. The zero-order valence-corrected chi connectivity index (χ0v) is 15.8. The van der Waals surface area contributed by atoms with Crippen molar-refractivity contribution in [2.24, 2.45) is 0 Å². The molecule has 0 saturated heterocycles. The largest absolute Gasteiger partial charge is 0.338 e. The summed E-state index contributed by atoms with van der Waals surface area (Å²) < 4.78 is 0. The Labute approximate surface area is 178 Å². The van der Waals surface area contributed by atoms with Crippen LogP contribution in [0.25, 0.3) is 0 Å². The predicted octanol–water partition coefficient (Wildman–Crippen LogP) is 2.60. The van der Waals surface area contributed by atoms with Crippen LogP contribution in [0.3, 0.4) is 0 Å². The van der Waals surface area contributed by atoms with Crippen LogP contribution in [0, 0.1) is 60.7 Å². The number of anilines is 3. The highest BCUT2D eigenvalue weighted by atomic mass is 16.7. The van der Waals surface area contributed by atoms with Crippen LogP contribution < -0.4 is 10.3 Å². The molecule has 1 N–H and O–H groups in total. The monoisotopic (exact) mass is 468 g/mol. The molecular formula is C13H8N8O12. The van der Waals surface area contributed by atoms with Gasteiger partial charge in [-0.25, -0.2) is 10.1 Å². The van der Waals surface area contributed by atoms with Crippen LogP contribution in [0.2, 0.25) is 0 Å². The molecule has 0 saturated carbocycles. The number of hydrazine groups is 1. The van der Waals surface area contributed by atoms with Gasteiger partial charge in [0.15, 0.2) is 10.7 Å². The van der Waals surface area contributed by atoms with Gasteiger partial charge in [-0.2, -0.15) is 0 Å². The van der Waals surface area contributed by atoms with Gasteiger partial charge in [0, 0.05) is 6.07 Å². The molecule has 0 amide bonds. The number of hydrogen-bond donors (Lipinski definition) is 1. The van der Waals surface area contributed by atoms with E-state index in [-0.39, 0.29) is 11.1 Å². The quantitative estimate of drug-likeness (QED) is 0.409. The van der Waals surface area contributed by atoms with Crippen molar-refractivity contribution in [1.82, 2.24) is 0 Å². The lowest BCUT2D eigenvalue weighted by Gasteiger charge is -2.13.